The Kier molecular flexibility index (Phi) is 2.48. The lowest BCUT2D eigenvalue weighted by atomic mass is 10.2. The number of fused-ring (bicyclic) bond motifs is 1. The third-order valence-corrected chi connectivity index (χ3v) is 3.24. The van der Waals surface area contributed by atoms with Gasteiger partial charge in [0, 0.05) is 6.54 Å². The van der Waals surface area contributed by atoms with Crippen molar-refractivity contribution in [2.75, 3.05) is 10.2 Å². The Hall–Kier alpha value is -1.96. The van der Waals surface area contributed by atoms with E-state index in [1.54, 1.807) is 0 Å². The van der Waals surface area contributed by atoms with Crippen molar-refractivity contribution in [3.8, 4) is 0 Å². The maximum Gasteiger partial charge on any atom is 0.0965 e. The molecule has 0 aliphatic carbocycles. The van der Waals surface area contributed by atoms with Crippen LogP contribution >= 0.6 is 0 Å². The van der Waals surface area contributed by atoms with Crippen LogP contribution in [-0.2, 0) is 6.54 Å². The Balaban J connectivity index is 1.89. The molecular formula is C15H16N2. The van der Waals surface area contributed by atoms with Gasteiger partial charge in [-0.1, -0.05) is 42.5 Å². The molecule has 2 heteroatoms. The van der Waals surface area contributed by atoms with Gasteiger partial charge >= 0.3 is 0 Å². The fraction of sp³-hybridized carbons (Fsp3) is 0.200. The molecule has 0 aromatic heterocycles. The van der Waals surface area contributed by atoms with Gasteiger partial charge in [0.1, 0.15) is 0 Å². The van der Waals surface area contributed by atoms with Crippen molar-refractivity contribution in [3.63, 3.8) is 0 Å². The average molecular weight is 224 g/mol. The minimum absolute atomic E-state index is 0.354. The summed E-state index contributed by atoms with van der Waals surface area (Å²) in [6.07, 6.45) is 0.354. The summed E-state index contributed by atoms with van der Waals surface area (Å²) in [5, 5.41) is 3.49. The number of hydrogen-bond acceptors (Lipinski definition) is 2. The number of anilines is 2. The average Bonchev–Trinajstić information content (AvgIpc) is 2.68. The van der Waals surface area contributed by atoms with Crippen LogP contribution in [0, 0.1) is 0 Å². The molecule has 86 valence electrons. The van der Waals surface area contributed by atoms with E-state index in [1.807, 2.05) is 0 Å². The van der Waals surface area contributed by atoms with Crippen LogP contribution < -0.4 is 10.2 Å². The molecule has 1 N–H and O–H groups in total. The molecule has 0 amide bonds. The molecule has 1 atom stereocenters. The van der Waals surface area contributed by atoms with Crippen LogP contribution in [-0.4, -0.2) is 6.17 Å². The molecule has 0 saturated heterocycles. The first-order valence-corrected chi connectivity index (χ1v) is 6.01. The van der Waals surface area contributed by atoms with Gasteiger partial charge < -0.3 is 10.2 Å². The van der Waals surface area contributed by atoms with E-state index >= 15 is 0 Å². The molecule has 1 heterocycles. The summed E-state index contributed by atoms with van der Waals surface area (Å²) < 4.78 is 0. The first-order chi connectivity index (χ1) is 8.34. The zero-order chi connectivity index (χ0) is 11.7. The van der Waals surface area contributed by atoms with Gasteiger partial charge in [0.2, 0.25) is 0 Å². The van der Waals surface area contributed by atoms with Crippen molar-refractivity contribution in [3.05, 3.63) is 60.2 Å². The van der Waals surface area contributed by atoms with E-state index in [9.17, 15) is 0 Å². The van der Waals surface area contributed by atoms with E-state index in [-0.39, 0.29) is 0 Å². The van der Waals surface area contributed by atoms with Crippen LogP contribution in [0.5, 0.6) is 0 Å². The topological polar surface area (TPSA) is 15.3 Å². The molecule has 0 fully saturated rings. The summed E-state index contributed by atoms with van der Waals surface area (Å²) in [6.45, 7) is 3.15. The van der Waals surface area contributed by atoms with Crippen LogP contribution in [0.25, 0.3) is 0 Å². The lowest BCUT2D eigenvalue weighted by molar-refractivity contribution is 0.725. The zero-order valence-corrected chi connectivity index (χ0v) is 9.93. The summed E-state index contributed by atoms with van der Waals surface area (Å²) in [5.74, 6) is 0. The van der Waals surface area contributed by atoms with E-state index in [4.69, 9.17) is 0 Å². The summed E-state index contributed by atoms with van der Waals surface area (Å²) >= 11 is 0. The number of nitrogens with zero attached hydrogens (tertiary/aromatic N) is 1. The highest BCUT2D eigenvalue weighted by Gasteiger charge is 2.24. The minimum atomic E-state index is 0.354. The quantitative estimate of drug-likeness (QED) is 0.840. The van der Waals surface area contributed by atoms with E-state index in [1.165, 1.54) is 16.9 Å². The zero-order valence-electron chi connectivity index (χ0n) is 9.93. The molecule has 1 aliphatic rings. The summed E-state index contributed by atoms with van der Waals surface area (Å²) in [6, 6.07) is 19.1. The smallest absolute Gasteiger partial charge is 0.0965 e. The van der Waals surface area contributed by atoms with Crippen LogP contribution in [0.15, 0.2) is 54.6 Å². The van der Waals surface area contributed by atoms with Crippen molar-refractivity contribution < 1.29 is 0 Å². The van der Waals surface area contributed by atoms with Crippen LogP contribution in [0.4, 0.5) is 11.4 Å². The van der Waals surface area contributed by atoms with Crippen molar-refractivity contribution >= 4 is 11.4 Å². The number of nitrogens with one attached hydrogen (secondary N) is 1. The predicted octanol–water partition coefficient (Wildman–Crippen LogP) is 3.46. The summed E-state index contributed by atoms with van der Waals surface area (Å²) in [4.78, 5) is 2.39. The minimum Gasteiger partial charge on any atom is -0.364 e. The van der Waals surface area contributed by atoms with Crippen LogP contribution in [0.2, 0.25) is 0 Å². The van der Waals surface area contributed by atoms with E-state index in [0.717, 1.165) is 6.54 Å². The van der Waals surface area contributed by atoms with Gasteiger partial charge in [-0.3, -0.25) is 0 Å². The molecule has 17 heavy (non-hydrogen) atoms. The number of hydrogen-bond donors (Lipinski definition) is 1. The molecule has 2 nitrogen and oxygen atoms in total. The molecule has 0 radical (unpaired) electrons. The molecule has 1 aliphatic heterocycles. The summed E-state index contributed by atoms with van der Waals surface area (Å²) in [7, 11) is 0. The van der Waals surface area contributed by atoms with Gasteiger partial charge in [-0.25, -0.2) is 0 Å². The van der Waals surface area contributed by atoms with E-state index < -0.39 is 0 Å². The van der Waals surface area contributed by atoms with E-state index in [0.29, 0.717) is 6.17 Å². The first kappa shape index (κ1) is 10.2. The van der Waals surface area contributed by atoms with Crippen molar-refractivity contribution in [1.29, 1.82) is 0 Å². The molecule has 2 aromatic carbocycles. The molecule has 0 spiro atoms. The number of benzene rings is 2. The second-order valence-electron chi connectivity index (χ2n) is 4.45. The van der Waals surface area contributed by atoms with Gasteiger partial charge in [-0.2, -0.15) is 0 Å². The summed E-state index contributed by atoms with van der Waals surface area (Å²) in [5.41, 5.74) is 3.87. The highest BCUT2D eigenvalue weighted by Crippen LogP contribution is 2.34. The molecule has 2 aromatic rings. The van der Waals surface area contributed by atoms with Crippen molar-refractivity contribution in [1.82, 2.24) is 0 Å². The van der Waals surface area contributed by atoms with Crippen molar-refractivity contribution in [2.45, 2.75) is 19.6 Å². The SMILES string of the molecule is CC1Nc2ccccc2N1Cc1ccccc1. The van der Waals surface area contributed by atoms with Gasteiger partial charge in [-0.15, -0.1) is 0 Å². The Labute approximate surface area is 102 Å². The highest BCUT2D eigenvalue weighted by atomic mass is 15.3. The van der Waals surface area contributed by atoms with Gasteiger partial charge in [0.05, 0.1) is 17.5 Å². The second kappa shape index (κ2) is 4.13. The van der Waals surface area contributed by atoms with Crippen molar-refractivity contribution in [2.24, 2.45) is 0 Å². The Morgan fingerprint density at radius 2 is 1.71 bits per heavy atom. The molecule has 0 bridgehead atoms. The Bertz CT molecular complexity index is 507. The Morgan fingerprint density at radius 3 is 2.53 bits per heavy atom. The number of rotatable bonds is 2. The second-order valence-corrected chi connectivity index (χ2v) is 4.45. The van der Waals surface area contributed by atoms with Crippen LogP contribution in [0.1, 0.15) is 12.5 Å². The fourth-order valence-corrected chi connectivity index (χ4v) is 2.36. The van der Waals surface area contributed by atoms with Gasteiger partial charge in [0.15, 0.2) is 0 Å². The first-order valence-electron chi connectivity index (χ1n) is 6.01. The van der Waals surface area contributed by atoms with E-state index in [2.05, 4.69) is 71.7 Å². The predicted molar refractivity (Wildman–Crippen MR) is 72.2 cm³/mol. The molecule has 1 unspecified atom stereocenters. The third-order valence-electron chi connectivity index (χ3n) is 3.24. The standard InChI is InChI=1S/C15H16N2/c1-12-16-14-9-5-6-10-15(14)17(12)11-13-7-3-2-4-8-13/h2-10,12,16H,11H2,1H3. The largest absolute Gasteiger partial charge is 0.364 e. The molecular weight excluding hydrogens is 208 g/mol. The monoisotopic (exact) mass is 224 g/mol. The van der Waals surface area contributed by atoms with Gasteiger partial charge in [-0.05, 0) is 24.6 Å². The maximum atomic E-state index is 3.49. The maximum absolute atomic E-state index is 3.49. The molecule has 0 saturated carbocycles. The Morgan fingerprint density at radius 1 is 1.00 bits per heavy atom. The highest BCUT2D eigenvalue weighted by molar-refractivity contribution is 5.75. The lowest BCUT2D eigenvalue weighted by Gasteiger charge is -2.23. The van der Waals surface area contributed by atoms with Crippen LogP contribution in [0.3, 0.4) is 0 Å². The molecule has 3 rings (SSSR count). The van der Waals surface area contributed by atoms with Gasteiger partial charge in [0.25, 0.3) is 0 Å². The number of para-hydroxylation sites is 2. The normalized spacial score (nSPS) is 17.7. The fourth-order valence-electron chi connectivity index (χ4n) is 2.36. The third kappa shape index (κ3) is 1.86. The lowest BCUT2D eigenvalue weighted by Crippen LogP contribution is -2.32.